The van der Waals surface area contributed by atoms with Crippen LogP contribution in [0.4, 0.5) is 0 Å². The third kappa shape index (κ3) is 3.67. The Balaban J connectivity index is 2.22. The molecule has 2 atom stereocenters. The fourth-order valence-corrected chi connectivity index (χ4v) is 3.71. The second-order valence-electron chi connectivity index (χ2n) is 5.14. The van der Waals surface area contributed by atoms with Crippen LogP contribution >= 0.6 is 27.3 Å². The van der Waals surface area contributed by atoms with Gasteiger partial charge in [-0.3, -0.25) is 4.90 Å². The van der Waals surface area contributed by atoms with Crippen LogP contribution in [0, 0.1) is 6.92 Å². The third-order valence-corrected chi connectivity index (χ3v) is 4.81. The summed E-state index contributed by atoms with van der Waals surface area (Å²) in [5.74, 6) is 0. The van der Waals surface area contributed by atoms with E-state index in [0.717, 1.165) is 16.7 Å². The summed E-state index contributed by atoms with van der Waals surface area (Å²) in [6.45, 7) is 4.98. The van der Waals surface area contributed by atoms with E-state index in [2.05, 4.69) is 64.9 Å². The van der Waals surface area contributed by atoms with Crippen molar-refractivity contribution in [3.8, 4) is 0 Å². The summed E-state index contributed by atoms with van der Waals surface area (Å²) in [5.41, 5.74) is 10.5. The summed E-state index contributed by atoms with van der Waals surface area (Å²) >= 11 is 5.24. The van der Waals surface area contributed by atoms with Crippen molar-refractivity contribution in [3.05, 3.63) is 50.4 Å². The lowest BCUT2D eigenvalue weighted by atomic mass is 9.99. The minimum absolute atomic E-state index is 0.0579. The normalized spacial score (nSPS) is 14.5. The van der Waals surface area contributed by atoms with Crippen molar-refractivity contribution in [2.24, 2.45) is 5.73 Å². The Hall–Kier alpha value is -0.750. The zero-order valence-corrected chi connectivity index (χ0v) is 14.4. The van der Waals surface area contributed by atoms with Gasteiger partial charge in [0, 0.05) is 28.0 Å². The molecule has 2 rings (SSSR count). The molecule has 0 spiro atoms. The monoisotopic (exact) mass is 353 g/mol. The second-order valence-corrected chi connectivity index (χ2v) is 6.99. The summed E-state index contributed by atoms with van der Waals surface area (Å²) in [5, 5.41) is 0. The summed E-state index contributed by atoms with van der Waals surface area (Å²) in [4.78, 5) is 7.91. The summed E-state index contributed by atoms with van der Waals surface area (Å²) < 4.78 is 1.09. The van der Waals surface area contributed by atoms with Crippen LogP contribution in [0.3, 0.4) is 0 Å². The van der Waals surface area contributed by atoms with E-state index in [0.29, 0.717) is 0 Å². The number of halogens is 1. The Kier molecular flexibility index (Phi) is 5.32. The van der Waals surface area contributed by atoms with Crippen molar-refractivity contribution >= 4 is 27.3 Å². The first-order valence-electron chi connectivity index (χ1n) is 6.59. The lowest BCUT2D eigenvalue weighted by Crippen LogP contribution is -2.36. The van der Waals surface area contributed by atoms with E-state index in [1.807, 2.05) is 11.6 Å². The summed E-state index contributed by atoms with van der Waals surface area (Å²) in [7, 11) is 2.12. The van der Waals surface area contributed by atoms with E-state index in [9.17, 15) is 0 Å². The lowest BCUT2D eigenvalue weighted by molar-refractivity contribution is 0.212. The van der Waals surface area contributed by atoms with Gasteiger partial charge < -0.3 is 5.73 Å². The molecule has 1 aromatic heterocycles. The SMILES string of the molecule is Cc1ncsc1CN(C)C(c1cccc(Br)c1)C(C)N. The number of aromatic nitrogens is 1. The van der Waals surface area contributed by atoms with Gasteiger partial charge in [-0.2, -0.15) is 0 Å². The Morgan fingerprint density at radius 1 is 1.45 bits per heavy atom. The zero-order chi connectivity index (χ0) is 14.7. The number of hydrogen-bond donors (Lipinski definition) is 1. The maximum Gasteiger partial charge on any atom is 0.0798 e. The maximum absolute atomic E-state index is 6.22. The third-order valence-electron chi connectivity index (χ3n) is 3.40. The molecule has 5 heteroatoms. The van der Waals surface area contributed by atoms with Gasteiger partial charge in [0.05, 0.1) is 11.2 Å². The molecule has 1 aromatic carbocycles. The van der Waals surface area contributed by atoms with Crippen LogP contribution in [0.2, 0.25) is 0 Å². The van der Waals surface area contributed by atoms with Crippen LogP contribution < -0.4 is 5.73 Å². The first-order chi connectivity index (χ1) is 9.49. The summed E-state index contributed by atoms with van der Waals surface area (Å²) in [6.07, 6.45) is 0. The van der Waals surface area contributed by atoms with E-state index in [4.69, 9.17) is 5.73 Å². The Morgan fingerprint density at radius 2 is 2.20 bits per heavy atom. The molecule has 0 radical (unpaired) electrons. The number of aryl methyl sites for hydroxylation is 1. The van der Waals surface area contributed by atoms with Crippen molar-refractivity contribution in [2.45, 2.75) is 32.5 Å². The average molecular weight is 354 g/mol. The first kappa shape index (κ1) is 15.6. The predicted octanol–water partition coefficient (Wildman–Crippen LogP) is 3.73. The van der Waals surface area contributed by atoms with Crippen molar-refractivity contribution in [2.75, 3.05) is 7.05 Å². The molecule has 0 aliphatic heterocycles. The molecule has 0 fully saturated rings. The molecule has 2 N–H and O–H groups in total. The molecule has 0 saturated heterocycles. The van der Waals surface area contributed by atoms with Gasteiger partial charge in [-0.25, -0.2) is 4.98 Å². The van der Waals surface area contributed by atoms with Crippen molar-refractivity contribution in [1.82, 2.24) is 9.88 Å². The van der Waals surface area contributed by atoms with Crippen LogP contribution in [0.15, 0.2) is 34.2 Å². The smallest absolute Gasteiger partial charge is 0.0798 e. The van der Waals surface area contributed by atoms with Gasteiger partial charge in [-0.1, -0.05) is 28.1 Å². The van der Waals surface area contributed by atoms with E-state index >= 15 is 0 Å². The first-order valence-corrected chi connectivity index (χ1v) is 8.26. The minimum Gasteiger partial charge on any atom is -0.326 e. The fraction of sp³-hybridized carbons (Fsp3) is 0.400. The molecule has 0 aliphatic rings. The maximum atomic E-state index is 6.22. The van der Waals surface area contributed by atoms with Gasteiger partial charge in [0.15, 0.2) is 0 Å². The number of rotatable bonds is 5. The molecule has 0 amide bonds. The highest BCUT2D eigenvalue weighted by Gasteiger charge is 2.22. The highest BCUT2D eigenvalue weighted by atomic mass is 79.9. The molecule has 3 nitrogen and oxygen atoms in total. The van der Waals surface area contributed by atoms with Gasteiger partial charge in [0.1, 0.15) is 0 Å². The lowest BCUT2D eigenvalue weighted by Gasteiger charge is -2.31. The van der Waals surface area contributed by atoms with Crippen LogP contribution in [0.1, 0.15) is 29.1 Å². The van der Waals surface area contributed by atoms with E-state index < -0.39 is 0 Å². The number of nitrogens with two attached hydrogens (primary N) is 1. The molecule has 20 heavy (non-hydrogen) atoms. The van der Waals surface area contributed by atoms with Gasteiger partial charge in [0.25, 0.3) is 0 Å². The van der Waals surface area contributed by atoms with E-state index in [1.165, 1.54) is 10.4 Å². The van der Waals surface area contributed by atoms with Crippen LogP contribution in [-0.2, 0) is 6.54 Å². The molecule has 1 heterocycles. The molecule has 0 bridgehead atoms. The number of hydrogen-bond acceptors (Lipinski definition) is 4. The largest absolute Gasteiger partial charge is 0.326 e. The van der Waals surface area contributed by atoms with Crippen molar-refractivity contribution in [1.29, 1.82) is 0 Å². The Labute approximate surface area is 133 Å². The van der Waals surface area contributed by atoms with Gasteiger partial charge >= 0.3 is 0 Å². The Morgan fingerprint density at radius 3 is 2.75 bits per heavy atom. The average Bonchev–Trinajstić information content (AvgIpc) is 2.74. The minimum atomic E-state index is 0.0579. The molecule has 2 unspecified atom stereocenters. The molecular weight excluding hydrogens is 334 g/mol. The van der Waals surface area contributed by atoms with Gasteiger partial charge in [0.2, 0.25) is 0 Å². The topological polar surface area (TPSA) is 42.2 Å². The number of likely N-dealkylation sites (N-methyl/N-ethyl adjacent to an activating group) is 1. The Bertz CT molecular complexity index is 568. The van der Waals surface area contributed by atoms with Crippen LogP contribution in [0.5, 0.6) is 0 Å². The van der Waals surface area contributed by atoms with Gasteiger partial charge in [-0.05, 0) is 38.6 Å². The standard InChI is InChI=1S/C15H20BrN3S/c1-10(17)15(12-5-4-6-13(16)7-12)19(3)8-14-11(2)18-9-20-14/h4-7,9-10,15H,8,17H2,1-3H3. The predicted molar refractivity (Wildman–Crippen MR) is 88.9 cm³/mol. The van der Waals surface area contributed by atoms with Crippen molar-refractivity contribution < 1.29 is 0 Å². The fourth-order valence-electron chi connectivity index (χ4n) is 2.45. The number of benzene rings is 1. The zero-order valence-electron chi connectivity index (χ0n) is 12.0. The number of nitrogens with zero attached hydrogens (tertiary/aromatic N) is 2. The van der Waals surface area contributed by atoms with Gasteiger partial charge in [-0.15, -0.1) is 11.3 Å². The van der Waals surface area contributed by atoms with Crippen molar-refractivity contribution in [3.63, 3.8) is 0 Å². The molecule has 0 saturated carbocycles. The summed E-state index contributed by atoms with van der Waals surface area (Å²) in [6, 6.07) is 8.62. The molecular formula is C15H20BrN3S. The van der Waals surface area contributed by atoms with E-state index in [-0.39, 0.29) is 12.1 Å². The highest BCUT2D eigenvalue weighted by Crippen LogP contribution is 2.27. The quantitative estimate of drug-likeness (QED) is 0.890. The molecule has 108 valence electrons. The number of thiazole rings is 1. The highest BCUT2D eigenvalue weighted by molar-refractivity contribution is 9.10. The van der Waals surface area contributed by atoms with Crippen LogP contribution in [0.25, 0.3) is 0 Å². The molecule has 0 aliphatic carbocycles. The second kappa shape index (κ2) is 6.80. The van der Waals surface area contributed by atoms with Crippen LogP contribution in [-0.4, -0.2) is 23.0 Å². The van der Waals surface area contributed by atoms with E-state index in [1.54, 1.807) is 11.3 Å². The molecule has 2 aromatic rings.